The molecule has 2 atom stereocenters. The molecule has 2 heterocycles. The molecule has 1 aliphatic rings. The van der Waals surface area contributed by atoms with E-state index in [0.29, 0.717) is 28.9 Å². The minimum Gasteiger partial charge on any atom is -0.479 e. The van der Waals surface area contributed by atoms with Crippen LogP contribution in [0.4, 0.5) is 0 Å². The van der Waals surface area contributed by atoms with Gasteiger partial charge < -0.3 is 15.0 Å². The Hall–Kier alpha value is -1.53. The van der Waals surface area contributed by atoms with E-state index in [1.165, 1.54) is 0 Å². The van der Waals surface area contributed by atoms with Crippen molar-refractivity contribution in [2.75, 3.05) is 19.6 Å². The predicted molar refractivity (Wildman–Crippen MR) is 105 cm³/mol. The highest BCUT2D eigenvalue weighted by molar-refractivity contribution is 6.42. The van der Waals surface area contributed by atoms with E-state index in [1.807, 2.05) is 17.0 Å². The number of carbonyl (C=O) groups is 1. The number of ether oxygens (including phenoxy) is 1. The number of nitrogens with zero attached hydrogens (tertiary/aromatic N) is 2. The molecule has 0 bridgehead atoms. The van der Waals surface area contributed by atoms with Gasteiger partial charge in [0.2, 0.25) is 0 Å². The second-order valence-electron chi connectivity index (χ2n) is 5.85. The highest BCUT2D eigenvalue weighted by atomic mass is 35.5. The smallest absolute Gasteiger partial charge is 0.263 e. The Morgan fingerprint density at radius 3 is 2.88 bits per heavy atom. The van der Waals surface area contributed by atoms with Crippen LogP contribution in [0.15, 0.2) is 42.7 Å². The predicted octanol–water partition coefficient (Wildman–Crippen LogP) is 3.75. The van der Waals surface area contributed by atoms with Crippen molar-refractivity contribution in [3.63, 3.8) is 0 Å². The van der Waals surface area contributed by atoms with Gasteiger partial charge in [-0.1, -0.05) is 35.3 Å². The van der Waals surface area contributed by atoms with Gasteiger partial charge in [0.05, 0.1) is 11.1 Å². The number of hydrogen-bond donors (Lipinski definition) is 1. The van der Waals surface area contributed by atoms with Crippen LogP contribution in [0.25, 0.3) is 0 Å². The normalized spacial score (nSPS) is 18.0. The highest BCUT2D eigenvalue weighted by Crippen LogP contribution is 2.32. The fourth-order valence-electron chi connectivity index (χ4n) is 2.89. The first-order valence-electron chi connectivity index (χ1n) is 8.09. The zero-order chi connectivity index (χ0) is 17.8. The molecule has 0 radical (unpaired) electrons. The number of pyridine rings is 1. The fraction of sp³-hybridized carbons (Fsp3) is 0.333. The molecule has 2 aromatic rings. The summed E-state index contributed by atoms with van der Waals surface area (Å²) in [7, 11) is 0. The first kappa shape index (κ1) is 20.8. The van der Waals surface area contributed by atoms with Gasteiger partial charge in [-0.15, -0.1) is 12.4 Å². The first-order chi connectivity index (χ1) is 12.1. The van der Waals surface area contributed by atoms with Gasteiger partial charge >= 0.3 is 0 Å². The Labute approximate surface area is 169 Å². The summed E-state index contributed by atoms with van der Waals surface area (Å²) in [4.78, 5) is 18.9. The van der Waals surface area contributed by atoms with Gasteiger partial charge in [0.25, 0.3) is 5.91 Å². The molecule has 140 valence electrons. The van der Waals surface area contributed by atoms with E-state index in [1.54, 1.807) is 37.5 Å². The van der Waals surface area contributed by atoms with Gasteiger partial charge in [0.1, 0.15) is 10.8 Å². The molecular weight excluding hydrogens is 397 g/mol. The van der Waals surface area contributed by atoms with E-state index < -0.39 is 6.10 Å². The summed E-state index contributed by atoms with van der Waals surface area (Å²) in [5.74, 6) is 0.314. The van der Waals surface area contributed by atoms with Gasteiger partial charge in [0, 0.05) is 32.0 Å². The fourth-order valence-corrected chi connectivity index (χ4v) is 3.22. The molecule has 8 heteroatoms. The molecular formula is C18H20Cl3N3O2. The average molecular weight is 417 g/mol. The van der Waals surface area contributed by atoms with Crippen LogP contribution in [0.2, 0.25) is 10.0 Å². The van der Waals surface area contributed by atoms with E-state index >= 15 is 0 Å². The van der Waals surface area contributed by atoms with Gasteiger partial charge in [0.15, 0.2) is 6.10 Å². The second kappa shape index (κ2) is 9.42. The Morgan fingerprint density at radius 2 is 2.15 bits per heavy atom. The summed E-state index contributed by atoms with van der Waals surface area (Å²) in [6.07, 6.45) is 2.84. The number of piperazine rings is 1. The summed E-state index contributed by atoms with van der Waals surface area (Å²) >= 11 is 12.2. The molecule has 1 amide bonds. The minimum atomic E-state index is -0.673. The summed E-state index contributed by atoms with van der Waals surface area (Å²) in [5, 5.41) is 4.03. The van der Waals surface area contributed by atoms with Gasteiger partial charge in [-0.2, -0.15) is 0 Å². The monoisotopic (exact) mass is 415 g/mol. The minimum absolute atomic E-state index is 0. The number of rotatable bonds is 4. The van der Waals surface area contributed by atoms with E-state index in [9.17, 15) is 4.79 Å². The van der Waals surface area contributed by atoms with E-state index in [4.69, 9.17) is 27.9 Å². The standard InChI is InChI=1S/C18H19Cl2N3O2.ClH/c1-12(25-16-6-2-5-14(19)17(16)20)18(24)23-9-8-22-11-15(23)13-4-3-7-21-10-13;/h2-7,10,12,15,22H,8-9,11H2,1H3;1H. The quantitative estimate of drug-likeness (QED) is 0.825. The van der Waals surface area contributed by atoms with E-state index in [-0.39, 0.29) is 24.4 Å². The van der Waals surface area contributed by atoms with Gasteiger partial charge in [-0.3, -0.25) is 9.78 Å². The molecule has 1 fully saturated rings. The van der Waals surface area contributed by atoms with Crippen LogP contribution in [0.5, 0.6) is 5.75 Å². The zero-order valence-electron chi connectivity index (χ0n) is 14.2. The van der Waals surface area contributed by atoms with Gasteiger partial charge in [-0.05, 0) is 30.7 Å². The highest BCUT2D eigenvalue weighted by Gasteiger charge is 2.32. The van der Waals surface area contributed by atoms with Crippen molar-refractivity contribution in [3.8, 4) is 5.75 Å². The van der Waals surface area contributed by atoms with Crippen LogP contribution < -0.4 is 10.1 Å². The molecule has 3 rings (SSSR count). The van der Waals surface area contributed by atoms with Crippen molar-refractivity contribution < 1.29 is 9.53 Å². The lowest BCUT2D eigenvalue weighted by molar-refractivity contribution is -0.141. The second-order valence-corrected chi connectivity index (χ2v) is 6.64. The maximum atomic E-state index is 13.0. The third-order valence-electron chi connectivity index (χ3n) is 4.16. The average Bonchev–Trinajstić information content (AvgIpc) is 2.65. The van der Waals surface area contributed by atoms with Gasteiger partial charge in [-0.25, -0.2) is 0 Å². The lowest BCUT2D eigenvalue weighted by Gasteiger charge is -2.37. The number of carbonyl (C=O) groups excluding carboxylic acids is 1. The Morgan fingerprint density at radius 1 is 1.35 bits per heavy atom. The molecule has 1 aromatic carbocycles. The topological polar surface area (TPSA) is 54.5 Å². The van der Waals surface area contributed by atoms with Crippen LogP contribution in [0.3, 0.4) is 0 Å². The van der Waals surface area contributed by atoms with Crippen LogP contribution in [0.1, 0.15) is 18.5 Å². The SMILES string of the molecule is CC(Oc1cccc(Cl)c1Cl)C(=O)N1CCNCC1c1cccnc1.Cl. The van der Waals surface area contributed by atoms with Crippen molar-refractivity contribution in [2.24, 2.45) is 0 Å². The molecule has 1 N–H and O–H groups in total. The van der Waals surface area contributed by atoms with Crippen LogP contribution >= 0.6 is 35.6 Å². The summed E-state index contributed by atoms with van der Waals surface area (Å²) in [6.45, 7) is 3.76. The molecule has 5 nitrogen and oxygen atoms in total. The Balaban J connectivity index is 0.00000243. The third-order valence-corrected chi connectivity index (χ3v) is 4.96. The lowest BCUT2D eigenvalue weighted by atomic mass is 10.0. The molecule has 0 saturated carbocycles. The number of nitrogens with one attached hydrogen (secondary N) is 1. The molecule has 2 unspecified atom stereocenters. The zero-order valence-corrected chi connectivity index (χ0v) is 16.5. The molecule has 1 aliphatic heterocycles. The molecule has 1 saturated heterocycles. The summed E-state index contributed by atoms with van der Waals surface area (Å²) < 4.78 is 5.78. The van der Waals surface area contributed by atoms with Crippen LogP contribution in [-0.4, -0.2) is 41.5 Å². The van der Waals surface area contributed by atoms with E-state index in [2.05, 4.69) is 10.3 Å². The summed E-state index contributed by atoms with van der Waals surface area (Å²) in [5.41, 5.74) is 0.996. The molecule has 0 aliphatic carbocycles. The molecule has 26 heavy (non-hydrogen) atoms. The third kappa shape index (κ3) is 4.60. The lowest BCUT2D eigenvalue weighted by Crippen LogP contribution is -2.52. The number of benzene rings is 1. The molecule has 0 spiro atoms. The van der Waals surface area contributed by atoms with Crippen molar-refractivity contribution in [2.45, 2.75) is 19.1 Å². The Bertz CT molecular complexity index is 746. The van der Waals surface area contributed by atoms with Crippen molar-refractivity contribution in [1.82, 2.24) is 15.2 Å². The Kier molecular flexibility index (Phi) is 7.53. The maximum Gasteiger partial charge on any atom is 0.263 e. The maximum absolute atomic E-state index is 13.0. The van der Waals surface area contributed by atoms with Crippen molar-refractivity contribution >= 4 is 41.5 Å². The number of amides is 1. The number of hydrogen-bond acceptors (Lipinski definition) is 4. The van der Waals surface area contributed by atoms with Crippen molar-refractivity contribution in [3.05, 3.63) is 58.3 Å². The van der Waals surface area contributed by atoms with Crippen molar-refractivity contribution in [1.29, 1.82) is 0 Å². The summed E-state index contributed by atoms with van der Waals surface area (Å²) in [6, 6.07) is 8.90. The number of halogens is 3. The first-order valence-corrected chi connectivity index (χ1v) is 8.85. The molecule has 1 aromatic heterocycles. The van der Waals surface area contributed by atoms with Crippen LogP contribution in [-0.2, 0) is 4.79 Å². The van der Waals surface area contributed by atoms with E-state index in [0.717, 1.165) is 12.1 Å². The van der Waals surface area contributed by atoms with Crippen LogP contribution in [0, 0.1) is 0 Å². The number of aromatic nitrogens is 1. The largest absolute Gasteiger partial charge is 0.479 e.